The van der Waals surface area contributed by atoms with Gasteiger partial charge in [0.25, 0.3) is 5.91 Å². The van der Waals surface area contributed by atoms with Gasteiger partial charge in [0, 0.05) is 11.3 Å². The first-order valence-corrected chi connectivity index (χ1v) is 5.99. The van der Waals surface area contributed by atoms with Gasteiger partial charge in [0.15, 0.2) is 0 Å². The molecule has 1 heterocycles. The quantitative estimate of drug-likeness (QED) is 0.806. The monoisotopic (exact) mass is 267 g/mol. The zero-order valence-corrected chi connectivity index (χ0v) is 10.9. The fraction of sp³-hybridized carbons (Fsp3) is 0.133. The van der Waals surface area contributed by atoms with Gasteiger partial charge in [-0.25, -0.2) is 0 Å². The number of aryl methyl sites for hydroxylation is 1. The fourth-order valence-corrected chi connectivity index (χ4v) is 1.60. The first-order valence-electron chi connectivity index (χ1n) is 5.99. The molecule has 5 nitrogen and oxygen atoms in total. The Morgan fingerprint density at radius 2 is 2.20 bits per heavy atom. The molecular weight excluding hydrogens is 254 g/mol. The normalized spacial score (nSPS) is 9.50. The van der Waals surface area contributed by atoms with Crippen LogP contribution in [-0.4, -0.2) is 27.8 Å². The Balaban J connectivity index is 2.20. The predicted octanol–water partition coefficient (Wildman–Crippen LogP) is 1.38. The second-order valence-corrected chi connectivity index (χ2v) is 4.07. The third-order valence-electron chi connectivity index (χ3n) is 2.64. The number of carbonyl (C=O) groups excluding carboxylic acids is 1. The molecule has 0 unspecified atom stereocenters. The van der Waals surface area contributed by atoms with Crippen LogP contribution in [0.2, 0.25) is 0 Å². The average Bonchev–Trinajstić information content (AvgIpc) is 2.48. The Bertz CT molecular complexity index is 673. The van der Waals surface area contributed by atoms with Gasteiger partial charge in [-0.05, 0) is 30.7 Å². The molecule has 0 saturated heterocycles. The van der Waals surface area contributed by atoms with Crippen LogP contribution in [0.15, 0.2) is 36.7 Å². The highest BCUT2D eigenvalue weighted by Gasteiger charge is 2.06. The number of benzene rings is 1. The summed E-state index contributed by atoms with van der Waals surface area (Å²) in [4.78, 5) is 12.0. The zero-order valence-electron chi connectivity index (χ0n) is 10.9. The van der Waals surface area contributed by atoms with E-state index in [1.54, 1.807) is 18.2 Å². The van der Waals surface area contributed by atoms with E-state index in [-0.39, 0.29) is 12.5 Å². The summed E-state index contributed by atoms with van der Waals surface area (Å²) in [6, 6.07) is 7.02. The summed E-state index contributed by atoms with van der Waals surface area (Å²) in [5, 5.41) is 18.8. The fourth-order valence-electron chi connectivity index (χ4n) is 1.60. The van der Waals surface area contributed by atoms with E-state index in [0.29, 0.717) is 11.3 Å². The van der Waals surface area contributed by atoms with Crippen LogP contribution in [0.3, 0.4) is 0 Å². The van der Waals surface area contributed by atoms with Gasteiger partial charge in [-0.3, -0.25) is 4.79 Å². The van der Waals surface area contributed by atoms with Gasteiger partial charge in [-0.2, -0.15) is 10.2 Å². The van der Waals surface area contributed by atoms with Gasteiger partial charge < -0.3 is 10.4 Å². The van der Waals surface area contributed by atoms with E-state index in [2.05, 4.69) is 27.4 Å². The Morgan fingerprint density at radius 1 is 1.35 bits per heavy atom. The van der Waals surface area contributed by atoms with E-state index < -0.39 is 0 Å². The SMILES string of the molecule is Cc1ccc(NC(=O)c2ccnnc2)cc1C#CCO. The molecule has 0 radical (unpaired) electrons. The number of anilines is 1. The van der Waals surface area contributed by atoms with Crippen LogP contribution in [0, 0.1) is 18.8 Å². The van der Waals surface area contributed by atoms with Crippen LogP contribution in [0.1, 0.15) is 21.5 Å². The largest absolute Gasteiger partial charge is 0.384 e. The van der Waals surface area contributed by atoms with Crippen molar-refractivity contribution >= 4 is 11.6 Å². The highest BCUT2D eigenvalue weighted by Crippen LogP contribution is 2.15. The second kappa shape index (κ2) is 6.45. The van der Waals surface area contributed by atoms with Gasteiger partial charge in [0.1, 0.15) is 6.61 Å². The van der Waals surface area contributed by atoms with Crippen LogP contribution in [0.5, 0.6) is 0 Å². The Kier molecular flexibility index (Phi) is 4.43. The number of nitrogens with zero attached hydrogens (tertiary/aromatic N) is 2. The van der Waals surface area contributed by atoms with Crippen LogP contribution < -0.4 is 5.32 Å². The summed E-state index contributed by atoms with van der Waals surface area (Å²) in [6.45, 7) is 1.72. The molecule has 0 aliphatic carbocycles. The Morgan fingerprint density at radius 3 is 2.90 bits per heavy atom. The number of aromatic nitrogens is 2. The molecule has 0 aliphatic rings. The molecule has 20 heavy (non-hydrogen) atoms. The molecule has 0 atom stereocenters. The maximum atomic E-state index is 12.0. The van der Waals surface area contributed by atoms with Crippen LogP contribution in [0.4, 0.5) is 5.69 Å². The molecule has 0 fully saturated rings. The molecule has 0 bridgehead atoms. The maximum Gasteiger partial charge on any atom is 0.257 e. The Hall–Kier alpha value is -2.71. The highest BCUT2D eigenvalue weighted by molar-refractivity contribution is 6.04. The van der Waals surface area contributed by atoms with Crippen molar-refractivity contribution in [2.45, 2.75) is 6.92 Å². The minimum absolute atomic E-state index is 0.196. The Labute approximate surface area is 116 Å². The van der Waals surface area contributed by atoms with Crippen molar-refractivity contribution in [2.24, 2.45) is 0 Å². The molecule has 0 aliphatic heterocycles. The van der Waals surface area contributed by atoms with Gasteiger partial charge in [0.05, 0.1) is 18.0 Å². The molecule has 100 valence electrons. The molecule has 1 aromatic heterocycles. The van der Waals surface area contributed by atoms with Crippen molar-refractivity contribution in [3.63, 3.8) is 0 Å². The smallest absolute Gasteiger partial charge is 0.257 e. The van der Waals surface area contributed by atoms with Gasteiger partial charge >= 0.3 is 0 Å². The van der Waals surface area contributed by atoms with Gasteiger partial charge in [0.2, 0.25) is 0 Å². The molecule has 2 N–H and O–H groups in total. The van der Waals surface area contributed by atoms with Crippen molar-refractivity contribution in [1.82, 2.24) is 10.2 Å². The van der Waals surface area contributed by atoms with Gasteiger partial charge in [-0.1, -0.05) is 17.9 Å². The molecule has 1 amide bonds. The molecule has 5 heteroatoms. The standard InChI is InChI=1S/C15H13N3O2/c1-11-4-5-14(9-12(11)3-2-8-19)18-15(20)13-6-7-16-17-10-13/h4-7,9-10,19H,8H2,1H3,(H,18,20). The number of aliphatic hydroxyl groups is 1. The van der Waals surface area contributed by atoms with Crippen molar-refractivity contribution in [1.29, 1.82) is 0 Å². The molecular formula is C15H13N3O2. The molecule has 0 spiro atoms. The van der Waals surface area contributed by atoms with Crippen molar-refractivity contribution in [3.05, 3.63) is 53.3 Å². The number of hydrogen-bond acceptors (Lipinski definition) is 4. The third-order valence-corrected chi connectivity index (χ3v) is 2.64. The maximum absolute atomic E-state index is 12.0. The number of rotatable bonds is 2. The first-order chi connectivity index (χ1) is 9.70. The van der Waals surface area contributed by atoms with Crippen LogP contribution in [-0.2, 0) is 0 Å². The number of amides is 1. The number of carbonyl (C=O) groups is 1. The van der Waals surface area contributed by atoms with Crippen LogP contribution in [0.25, 0.3) is 0 Å². The summed E-state index contributed by atoms with van der Waals surface area (Å²) < 4.78 is 0. The van der Waals surface area contributed by atoms with Crippen LogP contribution >= 0.6 is 0 Å². The molecule has 2 aromatic rings. The first kappa shape index (κ1) is 13.7. The summed E-state index contributed by atoms with van der Waals surface area (Å²) in [6.07, 6.45) is 2.86. The van der Waals surface area contributed by atoms with Gasteiger partial charge in [-0.15, -0.1) is 0 Å². The molecule has 0 saturated carbocycles. The van der Waals surface area contributed by atoms with E-state index in [1.807, 2.05) is 13.0 Å². The summed E-state index contributed by atoms with van der Waals surface area (Å²) in [7, 11) is 0. The zero-order chi connectivity index (χ0) is 14.4. The lowest BCUT2D eigenvalue weighted by Gasteiger charge is -2.06. The third kappa shape index (κ3) is 3.40. The lowest BCUT2D eigenvalue weighted by molar-refractivity contribution is 0.102. The summed E-state index contributed by atoms with van der Waals surface area (Å²) >= 11 is 0. The van der Waals surface area contributed by atoms with Crippen molar-refractivity contribution in [3.8, 4) is 11.8 Å². The lowest BCUT2D eigenvalue weighted by atomic mass is 10.1. The number of nitrogens with one attached hydrogen (secondary N) is 1. The second-order valence-electron chi connectivity index (χ2n) is 4.07. The number of aliphatic hydroxyl groups excluding tert-OH is 1. The minimum atomic E-state index is -0.259. The van der Waals surface area contributed by atoms with E-state index in [0.717, 1.165) is 11.1 Å². The minimum Gasteiger partial charge on any atom is -0.384 e. The van der Waals surface area contributed by atoms with E-state index in [4.69, 9.17) is 5.11 Å². The van der Waals surface area contributed by atoms with Crippen molar-refractivity contribution < 1.29 is 9.90 Å². The van der Waals surface area contributed by atoms with Crippen molar-refractivity contribution in [2.75, 3.05) is 11.9 Å². The summed E-state index contributed by atoms with van der Waals surface area (Å²) in [5.74, 6) is 5.18. The number of hydrogen-bond donors (Lipinski definition) is 2. The summed E-state index contributed by atoms with van der Waals surface area (Å²) in [5.41, 5.74) is 2.82. The van der Waals surface area contributed by atoms with E-state index in [1.165, 1.54) is 12.4 Å². The molecule has 2 rings (SSSR count). The molecule has 1 aromatic carbocycles. The van der Waals surface area contributed by atoms with E-state index in [9.17, 15) is 4.79 Å². The van der Waals surface area contributed by atoms with E-state index >= 15 is 0 Å². The lowest BCUT2D eigenvalue weighted by Crippen LogP contribution is -2.12. The predicted molar refractivity (Wildman–Crippen MR) is 75.1 cm³/mol. The average molecular weight is 267 g/mol. The highest BCUT2D eigenvalue weighted by atomic mass is 16.2. The topological polar surface area (TPSA) is 75.1 Å².